The summed E-state index contributed by atoms with van der Waals surface area (Å²) < 4.78 is 13.6. The van der Waals surface area contributed by atoms with Crippen LogP contribution < -0.4 is 20.3 Å². The molecule has 1 saturated carbocycles. The number of phenols is 1. The third-order valence-corrected chi connectivity index (χ3v) is 8.19. The van der Waals surface area contributed by atoms with Gasteiger partial charge in [-0.3, -0.25) is 4.79 Å². The molecule has 212 valence electrons. The molecule has 11 nitrogen and oxygen atoms in total. The van der Waals surface area contributed by atoms with Gasteiger partial charge in [-0.2, -0.15) is 0 Å². The van der Waals surface area contributed by atoms with E-state index in [9.17, 15) is 15.0 Å². The van der Waals surface area contributed by atoms with E-state index in [0.29, 0.717) is 40.6 Å². The van der Waals surface area contributed by atoms with Gasteiger partial charge in [-0.1, -0.05) is 30.5 Å². The maximum absolute atomic E-state index is 11.7. The van der Waals surface area contributed by atoms with Gasteiger partial charge >= 0.3 is 0 Å². The number of fused-ring (bicyclic) bond motifs is 4. The average Bonchev–Trinajstić information content (AvgIpc) is 3.61. The van der Waals surface area contributed by atoms with Crippen molar-refractivity contribution in [3.63, 3.8) is 0 Å². The number of aromatic amines is 1. The van der Waals surface area contributed by atoms with Crippen molar-refractivity contribution in [3.05, 3.63) is 51.8 Å². The lowest BCUT2D eigenvalue weighted by Crippen LogP contribution is -2.34. The minimum absolute atomic E-state index is 0.0399. The fourth-order valence-corrected chi connectivity index (χ4v) is 6.05. The highest BCUT2D eigenvalue weighted by Gasteiger charge is 2.26. The number of aromatic hydroxyl groups is 1. The molecule has 0 spiro atoms. The second kappa shape index (κ2) is 11.4. The first-order valence-electron chi connectivity index (χ1n) is 14.1. The molecule has 1 fully saturated rings. The highest BCUT2D eigenvalue weighted by atomic mass is 16.7. The van der Waals surface area contributed by atoms with Crippen molar-refractivity contribution in [2.45, 2.75) is 63.8 Å². The SMILES string of the molecule is CN(CCCn1nnc2cc(CNC[C@H](O)c3ccc(O)c4[nH]c(=O)ccc34)c3c(c21)OCO3)C1CCCCC1. The molecule has 0 unspecified atom stereocenters. The van der Waals surface area contributed by atoms with E-state index in [1.807, 2.05) is 10.7 Å². The van der Waals surface area contributed by atoms with Gasteiger partial charge in [0.1, 0.15) is 16.8 Å². The summed E-state index contributed by atoms with van der Waals surface area (Å²) in [5, 5.41) is 33.8. The van der Waals surface area contributed by atoms with Gasteiger partial charge in [0, 0.05) is 42.7 Å². The molecule has 1 atom stereocenters. The molecule has 4 N–H and O–H groups in total. The molecule has 2 aromatic carbocycles. The fraction of sp³-hybridized carbons (Fsp3) is 0.483. The van der Waals surface area contributed by atoms with Crippen molar-refractivity contribution in [2.24, 2.45) is 0 Å². The lowest BCUT2D eigenvalue weighted by atomic mass is 9.94. The monoisotopic (exact) mass is 548 g/mol. The summed E-state index contributed by atoms with van der Waals surface area (Å²) in [5.74, 6) is 1.29. The number of rotatable bonds is 10. The third kappa shape index (κ3) is 5.24. The molecule has 0 bridgehead atoms. The molecule has 2 aliphatic rings. The van der Waals surface area contributed by atoms with Crippen LogP contribution in [0.15, 0.2) is 35.1 Å². The zero-order chi connectivity index (χ0) is 27.6. The van der Waals surface area contributed by atoms with Crippen LogP contribution in [0.4, 0.5) is 0 Å². The number of phenolic OH excluding ortho intramolecular Hbond substituents is 1. The Labute approximate surface area is 231 Å². The van der Waals surface area contributed by atoms with Gasteiger partial charge in [0.2, 0.25) is 12.4 Å². The largest absolute Gasteiger partial charge is 0.506 e. The fourth-order valence-electron chi connectivity index (χ4n) is 6.05. The van der Waals surface area contributed by atoms with Gasteiger partial charge in [-0.15, -0.1) is 5.10 Å². The molecule has 2 aromatic heterocycles. The Balaban J connectivity index is 1.12. The van der Waals surface area contributed by atoms with Crippen molar-refractivity contribution in [2.75, 3.05) is 26.9 Å². The van der Waals surface area contributed by atoms with Crippen molar-refractivity contribution in [1.29, 1.82) is 0 Å². The molecule has 3 heterocycles. The van der Waals surface area contributed by atoms with Crippen molar-refractivity contribution < 1.29 is 19.7 Å². The number of nitrogens with one attached hydrogen (secondary N) is 2. The van der Waals surface area contributed by atoms with E-state index in [1.54, 1.807) is 12.1 Å². The Morgan fingerprint density at radius 3 is 2.85 bits per heavy atom. The Hall–Kier alpha value is -3.67. The standard InChI is InChI=1S/C29H36N6O5/c1-34(19-6-3-2-4-7-19)12-5-13-35-27-22(32-33-35)14-18(28-29(27)40-17-39-28)15-30-16-24(37)20-8-10-23(36)26-21(20)9-11-25(38)31-26/h8-11,14,19,24,30,36-37H,2-7,12-13,15-17H2,1H3,(H,31,38)/t24-/m0/s1. The predicted octanol–water partition coefficient (Wildman–Crippen LogP) is 3.18. The minimum atomic E-state index is -0.865. The Kier molecular flexibility index (Phi) is 7.59. The summed E-state index contributed by atoms with van der Waals surface area (Å²) in [5.41, 5.74) is 3.06. The number of ether oxygens (including phenoxy) is 2. The number of hydrogen-bond donors (Lipinski definition) is 4. The Morgan fingerprint density at radius 2 is 2.00 bits per heavy atom. The normalized spacial score (nSPS) is 16.4. The minimum Gasteiger partial charge on any atom is -0.506 e. The molecule has 11 heteroatoms. The van der Waals surface area contributed by atoms with E-state index >= 15 is 0 Å². The molecule has 0 radical (unpaired) electrons. The summed E-state index contributed by atoms with van der Waals surface area (Å²) in [4.78, 5) is 16.8. The van der Waals surface area contributed by atoms with E-state index < -0.39 is 6.10 Å². The van der Waals surface area contributed by atoms with Gasteiger partial charge < -0.3 is 34.9 Å². The van der Waals surface area contributed by atoms with E-state index in [-0.39, 0.29) is 24.6 Å². The van der Waals surface area contributed by atoms with Gasteiger partial charge in [-0.25, -0.2) is 4.68 Å². The Bertz CT molecular complexity index is 1560. The number of nitrogens with zero attached hydrogens (tertiary/aromatic N) is 4. The molecule has 40 heavy (non-hydrogen) atoms. The molecule has 0 amide bonds. The van der Waals surface area contributed by atoms with Crippen LogP contribution in [0.1, 0.15) is 55.8 Å². The van der Waals surface area contributed by atoms with Crippen LogP contribution in [0.3, 0.4) is 0 Å². The van der Waals surface area contributed by atoms with Gasteiger partial charge in [-0.05, 0) is 56.6 Å². The van der Waals surface area contributed by atoms with Gasteiger partial charge in [0.15, 0.2) is 11.5 Å². The maximum atomic E-state index is 11.7. The lowest BCUT2D eigenvalue weighted by Gasteiger charge is -2.31. The first-order valence-corrected chi connectivity index (χ1v) is 14.1. The zero-order valence-corrected chi connectivity index (χ0v) is 22.7. The van der Waals surface area contributed by atoms with Crippen LogP contribution in [0.25, 0.3) is 21.9 Å². The molecule has 1 aliphatic carbocycles. The van der Waals surface area contributed by atoms with Gasteiger partial charge in [0.25, 0.3) is 0 Å². The summed E-state index contributed by atoms with van der Waals surface area (Å²) in [7, 11) is 2.23. The third-order valence-electron chi connectivity index (χ3n) is 8.19. The molecule has 0 saturated heterocycles. The van der Waals surface area contributed by atoms with E-state index in [2.05, 4.69) is 32.6 Å². The van der Waals surface area contributed by atoms with Crippen LogP contribution in [-0.2, 0) is 13.1 Å². The molecule has 6 rings (SSSR count). The summed E-state index contributed by atoms with van der Waals surface area (Å²) in [6.45, 7) is 2.57. The van der Waals surface area contributed by atoms with Crippen LogP contribution in [0, 0.1) is 0 Å². The number of benzene rings is 2. The van der Waals surface area contributed by atoms with Crippen molar-refractivity contribution in [3.8, 4) is 17.2 Å². The molecule has 1 aliphatic heterocycles. The summed E-state index contributed by atoms with van der Waals surface area (Å²) >= 11 is 0. The number of aryl methyl sites for hydroxylation is 1. The van der Waals surface area contributed by atoms with Crippen LogP contribution >= 0.6 is 0 Å². The van der Waals surface area contributed by atoms with Crippen molar-refractivity contribution in [1.82, 2.24) is 30.2 Å². The average molecular weight is 549 g/mol. The summed E-state index contributed by atoms with van der Waals surface area (Å²) in [6, 6.07) is 8.77. The number of aromatic nitrogens is 4. The smallest absolute Gasteiger partial charge is 0.248 e. The quantitative estimate of drug-likeness (QED) is 0.235. The first kappa shape index (κ1) is 26.5. The van der Waals surface area contributed by atoms with E-state index in [0.717, 1.165) is 36.1 Å². The lowest BCUT2D eigenvalue weighted by molar-refractivity contribution is 0.171. The number of aliphatic hydroxyl groups is 1. The molecule has 4 aromatic rings. The topological polar surface area (TPSA) is 138 Å². The highest BCUT2D eigenvalue weighted by molar-refractivity contribution is 5.88. The Morgan fingerprint density at radius 1 is 1.18 bits per heavy atom. The summed E-state index contributed by atoms with van der Waals surface area (Å²) in [6.07, 6.45) is 6.72. The predicted molar refractivity (Wildman–Crippen MR) is 151 cm³/mol. The first-order chi connectivity index (χ1) is 19.5. The zero-order valence-electron chi connectivity index (χ0n) is 22.7. The van der Waals surface area contributed by atoms with E-state index in [1.165, 1.54) is 44.2 Å². The number of pyridine rings is 1. The van der Waals surface area contributed by atoms with Crippen LogP contribution in [0.2, 0.25) is 0 Å². The maximum Gasteiger partial charge on any atom is 0.248 e. The number of H-pyrrole nitrogens is 1. The number of hydrogen-bond acceptors (Lipinski definition) is 9. The van der Waals surface area contributed by atoms with E-state index in [4.69, 9.17) is 9.47 Å². The van der Waals surface area contributed by atoms with Crippen molar-refractivity contribution >= 4 is 21.9 Å². The van der Waals surface area contributed by atoms with Crippen LogP contribution in [0.5, 0.6) is 17.2 Å². The van der Waals surface area contributed by atoms with Crippen LogP contribution in [-0.4, -0.2) is 68.1 Å². The number of aliphatic hydroxyl groups excluding tert-OH is 1. The second-order valence-electron chi connectivity index (χ2n) is 10.8. The molecular formula is C29H36N6O5. The highest BCUT2D eigenvalue weighted by Crippen LogP contribution is 2.42. The van der Waals surface area contributed by atoms with Gasteiger partial charge in [0.05, 0.1) is 11.6 Å². The second-order valence-corrected chi connectivity index (χ2v) is 10.8. The molecular weight excluding hydrogens is 512 g/mol.